The average Bonchev–Trinajstić information content (AvgIpc) is 3.02. The van der Waals surface area contributed by atoms with Crippen LogP contribution in [0.25, 0.3) is 22.2 Å². The second-order valence-electron chi connectivity index (χ2n) is 7.11. The highest BCUT2D eigenvalue weighted by Gasteiger charge is 2.16. The van der Waals surface area contributed by atoms with Crippen LogP contribution in [0.3, 0.4) is 0 Å². The second kappa shape index (κ2) is 6.73. The van der Waals surface area contributed by atoms with E-state index in [0.29, 0.717) is 6.04 Å². The molecule has 0 fully saturated rings. The van der Waals surface area contributed by atoms with E-state index in [2.05, 4.69) is 39.7 Å². The number of aromatic nitrogens is 3. The minimum atomic E-state index is -0.597. The Balaban J connectivity index is 1.87. The highest BCUT2D eigenvalue weighted by Crippen LogP contribution is 2.30. The molecule has 1 N–H and O–H groups in total. The van der Waals surface area contributed by atoms with Crippen LogP contribution in [0.5, 0.6) is 0 Å². The van der Waals surface area contributed by atoms with Crippen molar-refractivity contribution in [2.75, 3.05) is 0 Å². The molecule has 0 unspecified atom stereocenters. The Kier molecular flexibility index (Phi) is 4.67. The van der Waals surface area contributed by atoms with Gasteiger partial charge >= 0.3 is 0 Å². The lowest BCUT2D eigenvalue weighted by molar-refractivity contribution is 0.0672. The van der Waals surface area contributed by atoms with E-state index in [4.69, 9.17) is 0 Å². The first-order valence-corrected chi connectivity index (χ1v) is 8.54. The third-order valence-corrected chi connectivity index (χ3v) is 4.48. The minimum Gasteiger partial charge on any atom is -0.390 e. The lowest BCUT2D eigenvalue weighted by Crippen LogP contribution is -2.18. The zero-order valence-corrected chi connectivity index (χ0v) is 14.6. The fraction of sp³-hybridized carbons (Fsp3) is 0.400. The molecule has 2 heterocycles. The van der Waals surface area contributed by atoms with Gasteiger partial charge in [0.15, 0.2) is 0 Å². The molecule has 0 bridgehead atoms. The van der Waals surface area contributed by atoms with E-state index in [0.717, 1.165) is 36.0 Å². The maximum Gasteiger partial charge on any atom is 0.140 e. The fourth-order valence-electron chi connectivity index (χ4n) is 3.16. The summed E-state index contributed by atoms with van der Waals surface area (Å²) in [7, 11) is 0. The van der Waals surface area contributed by atoms with Crippen molar-refractivity contribution in [1.29, 1.82) is 0 Å². The molecule has 0 aliphatic heterocycles. The van der Waals surface area contributed by atoms with Crippen LogP contribution in [0.2, 0.25) is 0 Å². The summed E-state index contributed by atoms with van der Waals surface area (Å²) in [6.45, 7) is 5.94. The largest absolute Gasteiger partial charge is 0.390 e. The monoisotopic (exact) mass is 323 g/mol. The molecule has 1 atom stereocenters. The number of fused-ring (bicyclic) bond motifs is 1. The van der Waals surface area contributed by atoms with Crippen LogP contribution in [0, 0.1) is 0 Å². The Morgan fingerprint density at radius 3 is 2.83 bits per heavy atom. The zero-order chi connectivity index (χ0) is 17.2. The second-order valence-corrected chi connectivity index (χ2v) is 7.11. The Morgan fingerprint density at radius 1 is 1.21 bits per heavy atom. The van der Waals surface area contributed by atoms with E-state index in [1.807, 2.05) is 44.7 Å². The van der Waals surface area contributed by atoms with Crippen LogP contribution < -0.4 is 0 Å². The summed E-state index contributed by atoms with van der Waals surface area (Å²) in [4.78, 5) is 8.81. The van der Waals surface area contributed by atoms with Crippen LogP contribution in [-0.4, -0.2) is 25.2 Å². The molecule has 3 aromatic rings. The third kappa shape index (κ3) is 3.65. The van der Waals surface area contributed by atoms with Gasteiger partial charge in [0.2, 0.25) is 0 Å². The van der Waals surface area contributed by atoms with Crippen molar-refractivity contribution in [2.24, 2.45) is 0 Å². The van der Waals surface area contributed by atoms with E-state index >= 15 is 0 Å². The molecule has 0 amide bonds. The number of aliphatic hydroxyl groups is 1. The van der Waals surface area contributed by atoms with Crippen LogP contribution >= 0.6 is 0 Å². The summed E-state index contributed by atoms with van der Waals surface area (Å²) in [5, 5.41) is 12.2. The van der Waals surface area contributed by atoms with E-state index in [1.54, 1.807) is 0 Å². The summed E-state index contributed by atoms with van der Waals surface area (Å²) in [5.74, 6) is 0.988. The van der Waals surface area contributed by atoms with Gasteiger partial charge in [0.1, 0.15) is 5.82 Å². The summed E-state index contributed by atoms with van der Waals surface area (Å²) >= 11 is 0. The molecule has 4 heteroatoms. The molecule has 1 aromatic carbocycles. The molecule has 0 aliphatic carbocycles. The number of hydrogen-bond donors (Lipinski definition) is 1. The SMILES string of the molecule is C[C@@H](CCCC(C)(C)O)n1ccnc1-c1cccc2cnccc12. The van der Waals surface area contributed by atoms with Gasteiger partial charge in [0.05, 0.1) is 5.60 Å². The van der Waals surface area contributed by atoms with Gasteiger partial charge in [-0.05, 0) is 51.5 Å². The Labute approximate surface area is 143 Å². The molecule has 0 aliphatic rings. The summed E-state index contributed by atoms with van der Waals surface area (Å²) in [6, 6.07) is 8.62. The molecule has 24 heavy (non-hydrogen) atoms. The number of hydrogen-bond acceptors (Lipinski definition) is 3. The van der Waals surface area contributed by atoms with E-state index in [1.165, 1.54) is 5.39 Å². The normalized spacial score (nSPS) is 13.3. The summed E-state index contributed by atoms with van der Waals surface area (Å²) in [5.41, 5.74) is 0.536. The molecule has 0 spiro atoms. The number of nitrogens with zero attached hydrogens (tertiary/aromatic N) is 3. The predicted octanol–water partition coefficient (Wildman–Crippen LogP) is 4.60. The summed E-state index contributed by atoms with van der Waals surface area (Å²) < 4.78 is 2.24. The van der Waals surface area contributed by atoms with Crippen molar-refractivity contribution >= 4 is 10.8 Å². The van der Waals surface area contributed by atoms with Crippen molar-refractivity contribution < 1.29 is 5.11 Å². The van der Waals surface area contributed by atoms with Crippen LogP contribution in [-0.2, 0) is 0 Å². The van der Waals surface area contributed by atoms with Gasteiger partial charge in [-0.25, -0.2) is 4.98 Å². The smallest absolute Gasteiger partial charge is 0.140 e. The quantitative estimate of drug-likeness (QED) is 0.721. The first-order chi connectivity index (χ1) is 11.5. The third-order valence-electron chi connectivity index (χ3n) is 4.48. The number of rotatable bonds is 6. The number of benzene rings is 1. The van der Waals surface area contributed by atoms with Crippen molar-refractivity contribution in [3.8, 4) is 11.4 Å². The topological polar surface area (TPSA) is 50.9 Å². The van der Waals surface area contributed by atoms with Gasteiger partial charge in [-0.1, -0.05) is 18.2 Å². The zero-order valence-electron chi connectivity index (χ0n) is 14.6. The van der Waals surface area contributed by atoms with Gasteiger partial charge in [0, 0.05) is 41.8 Å². The predicted molar refractivity (Wildman–Crippen MR) is 97.8 cm³/mol. The van der Waals surface area contributed by atoms with Crippen LogP contribution in [0.15, 0.2) is 49.1 Å². The highest BCUT2D eigenvalue weighted by molar-refractivity contribution is 5.94. The molecule has 126 valence electrons. The molecular weight excluding hydrogens is 298 g/mol. The van der Waals surface area contributed by atoms with Crippen LogP contribution in [0.4, 0.5) is 0 Å². The van der Waals surface area contributed by atoms with Crippen molar-refractivity contribution in [3.05, 3.63) is 49.1 Å². The van der Waals surface area contributed by atoms with Crippen molar-refractivity contribution in [3.63, 3.8) is 0 Å². The number of pyridine rings is 1. The van der Waals surface area contributed by atoms with Gasteiger partial charge < -0.3 is 9.67 Å². The van der Waals surface area contributed by atoms with Gasteiger partial charge in [0.25, 0.3) is 0 Å². The van der Waals surface area contributed by atoms with Gasteiger partial charge in [-0.15, -0.1) is 0 Å². The van der Waals surface area contributed by atoms with E-state index < -0.39 is 5.60 Å². The number of imidazole rings is 1. The van der Waals surface area contributed by atoms with E-state index in [9.17, 15) is 5.11 Å². The molecule has 4 nitrogen and oxygen atoms in total. The maximum atomic E-state index is 9.89. The first kappa shape index (κ1) is 16.7. The minimum absolute atomic E-state index is 0.335. The first-order valence-electron chi connectivity index (χ1n) is 8.54. The Bertz CT molecular complexity index is 812. The maximum absolute atomic E-state index is 9.89. The Morgan fingerprint density at radius 2 is 2.04 bits per heavy atom. The van der Waals surface area contributed by atoms with Gasteiger partial charge in [-0.2, -0.15) is 0 Å². The fourth-order valence-corrected chi connectivity index (χ4v) is 3.16. The van der Waals surface area contributed by atoms with Crippen molar-refractivity contribution in [2.45, 2.75) is 51.7 Å². The standard InChI is InChI=1S/C20H25N3O/c1-15(6-5-10-20(2,3)24)23-13-12-22-19(23)18-8-4-7-16-14-21-11-9-17(16)18/h4,7-9,11-15,24H,5-6,10H2,1-3H3/t15-/m0/s1. The summed E-state index contributed by atoms with van der Waals surface area (Å²) in [6.07, 6.45) is 10.4. The molecule has 0 radical (unpaired) electrons. The molecule has 2 aromatic heterocycles. The molecule has 0 saturated carbocycles. The highest BCUT2D eigenvalue weighted by atomic mass is 16.3. The molecule has 3 rings (SSSR count). The molecular formula is C20H25N3O. The molecule has 0 saturated heterocycles. The van der Waals surface area contributed by atoms with Gasteiger partial charge in [-0.3, -0.25) is 4.98 Å². The van der Waals surface area contributed by atoms with Crippen LogP contribution in [0.1, 0.15) is 46.1 Å². The van der Waals surface area contributed by atoms with E-state index in [-0.39, 0.29) is 0 Å². The van der Waals surface area contributed by atoms with Crippen molar-refractivity contribution in [1.82, 2.24) is 14.5 Å². The Hall–Kier alpha value is -2.20. The lowest BCUT2D eigenvalue weighted by atomic mass is 9.99. The lowest BCUT2D eigenvalue weighted by Gasteiger charge is -2.20. The average molecular weight is 323 g/mol.